The molecule has 1 amide bonds. The lowest BCUT2D eigenvalue weighted by Crippen LogP contribution is -2.44. The van der Waals surface area contributed by atoms with Crippen molar-refractivity contribution in [2.75, 3.05) is 23.7 Å². The quantitative estimate of drug-likeness (QED) is 0.752. The van der Waals surface area contributed by atoms with Gasteiger partial charge in [0, 0.05) is 0 Å². The van der Waals surface area contributed by atoms with Crippen LogP contribution < -0.4 is 14.4 Å². The predicted molar refractivity (Wildman–Crippen MR) is 108 cm³/mol. The Morgan fingerprint density at radius 2 is 1.85 bits per heavy atom. The van der Waals surface area contributed by atoms with Gasteiger partial charge in [-0.2, -0.15) is 0 Å². The van der Waals surface area contributed by atoms with Gasteiger partial charge in [-0.25, -0.2) is 8.42 Å². The topological polar surface area (TPSA) is 75.7 Å². The zero-order valence-corrected chi connectivity index (χ0v) is 16.9. The zero-order valence-electron chi connectivity index (χ0n) is 16.1. The van der Waals surface area contributed by atoms with Crippen LogP contribution in [0.15, 0.2) is 48.5 Å². The van der Waals surface area contributed by atoms with Crippen LogP contribution in [-0.2, 0) is 14.8 Å². The van der Waals surface area contributed by atoms with Crippen molar-refractivity contribution in [1.29, 1.82) is 0 Å². The van der Waals surface area contributed by atoms with E-state index in [1.165, 1.54) is 0 Å². The van der Waals surface area contributed by atoms with Crippen molar-refractivity contribution in [3.05, 3.63) is 59.7 Å². The minimum atomic E-state index is -3.59. The third-order valence-electron chi connectivity index (χ3n) is 3.97. The molecule has 7 heteroatoms. The Morgan fingerprint density at radius 1 is 1.15 bits per heavy atom. The lowest BCUT2D eigenvalue weighted by molar-refractivity contribution is -0.120. The van der Waals surface area contributed by atoms with Gasteiger partial charge in [0.2, 0.25) is 15.9 Å². The van der Waals surface area contributed by atoms with Crippen molar-refractivity contribution < 1.29 is 17.9 Å². The maximum Gasteiger partial charge on any atom is 0.241 e. The van der Waals surface area contributed by atoms with E-state index in [4.69, 9.17) is 4.74 Å². The molecule has 0 bridgehead atoms. The molecule has 6 nitrogen and oxygen atoms in total. The average Bonchev–Trinajstić information content (AvgIpc) is 2.58. The maximum atomic E-state index is 12.4. The molecule has 27 heavy (non-hydrogen) atoms. The Bertz CT molecular complexity index is 896. The summed E-state index contributed by atoms with van der Waals surface area (Å²) < 4.78 is 31.1. The Kier molecular flexibility index (Phi) is 6.85. The van der Waals surface area contributed by atoms with Gasteiger partial charge in [-0.1, -0.05) is 30.3 Å². The molecule has 0 heterocycles. The molecule has 2 aromatic carbocycles. The van der Waals surface area contributed by atoms with Gasteiger partial charge in [0.15, 0.2) is 0 Å². The molecule has 0 fully saturated rings. The summed E-state index contributed by atoms with van der Waals surface area (Å²) in [4.78, 5) is 12.4. The molecular formula is C20H26N2O4S. The van der Waals surface area contributed by atoms with Crippen LogP contribution in [0.4, 0.5) is 5.69 Å². The Balaban J connectivity index is 1.98. The van der Waals surface area contributed by atoms with Crippen LogP contribution in [0.25, 0.3) is 0 Å². The highest BCUT2D eigenvalue weighted by Gasteiger charge is 2.21. The van der Waals surface area contributed by atoms with Crippen molar-refractivity contribution in [2.45, 2.75) is 26.8 Å². The molecule has 0 aliphatic carbocycles. The first kappa shape index (κ1) is 20.8. The number of sulfonamides is 1. The summed E-state index contributed by atoms with van der Waals surface area (Å²) in [6, 6.07) is 14.4. The van der Waals surface area contributed by atoms with Gasteiger partial charge in [0.05, 0.1) is 18.0 Å². The maximum absolute atomic E-state index is 12.4. The third kappa shape index (κ3) is 6.29. The van der Waals surface area contributed by atoms with E-state index in [1.807, 2.05) is 51.1 Å². The fraction of sp³-hybridized carbons (Fsp3) is 0.350. The van der Waals surface area contributed by atoms with Gasteiger partial charge in [0.1, 0.15) is 18.9 Å². The molecule has 146 valence electrons. The first-order valence-corrected chi connectivity index (χ1v) is 10.5. The first-order chi connectivity index (χ1) is 12.7. The largest absolute Gasteiger partial charge is 0.491 e. The summed E-state index contributed by atoms with van der Waals surface area (Å²) in [7, 11) is -3.59. The fourth-order valence-corrected chi connectivity index (χ4v) is 3.46. The third-order valence-corrected chi connectivity index (χ3v) is 5.11. The van der Waals surface area contributed by atoms with Crippen LogP contribution in [0, 0.1) is 13.8 Å². The molecule has 0 radical (unpaired) electrons. The van der Waals surface area contributed by atoms with E-state index in [9.17, 15) is 13.2 Å². The van der Waals surface area contributed by atoms with E-state index in [1.54, 1.807) is 18.2 Å². The number of ether oxygens (including phenoxy) is 1. The van der Waals surface area contributed by atoms with E-state index >= 15 is 0 Å². The van der Waals surface area contributed by atoms with Gasteiger partial charge >= 0.3 is 0 Å². The standard InChI is InChI=1S/C20H26N2O4S/c1-15-8-7-10-18(12-15)22(27(4,24)25)13-20(23)21-17(3)14-26-19-11-6-5-9-16(19)2/h5-12,17H,13-14H2,1-4H3,(H,21,23)/t17-/m0/s1. The lowest BCUT2D eigenvalue weighted by Gasteiger charge is -2.23. The number of benzene rings is 2. The van der Waals surface area contributed by atoms with Gasteiger partial charge in [-0.3, -0.25) is 9.10 Å². The molecule has 0 spiro atoms. The Morgan fingerprint density at radius 3 is 2.48 bits per heavy atom. The highest BCUT2D eigenvalue weighted by molar-refractivity contribution is 7.92. The molecule has 0 aromatic heterocycles. The number of carbonyl (C=O) groups is 1. The lowest BCUT2D eigenvalue weighted by atomic mass is 10.2. The molecule has 0 saturated carbocycles. The van der Waals surface area contributed by atoms with E-state index in [0.717, 1.165) is 27.4 Å². The monoisotopic (exact) mass is 390 g/mol. The number of hydrogen-bond donors (Lipinski definition) is 1. The van der Waals surface area contributed by atoms with E-state index in [0.29, 0.717) is 12.3 Å². The molecular weight excluding hydrogens is 364 g/mol. The van der Waals surface area contributed by atoms with Gasteiger partial charge in [-0.05, 0) is 50.1 Å². The second-order valence-electron chi connectivity index (χ2n) is 6.65. The highest BCUT2D eigenvalue weighted by Crippen LogP contribution is 2.19. The summed E-state index contributed by atoms with van der Waals surface area (Å²) in [5.41, 5.74) is 2.40. The summed E-state index contributed by atoms with van der Waals surface area (Å²) >= 11 is 0. The van der Waals surface area contributed by atoms with Crippen LogP contribution in [0.1, 0.15) is 18.1 Å². The molecule has 0 unspecified atom stereocenters. The summed E-state index contributed by atoms with van der Waals surface area (Å²) in [6.07, 6.45) is 1.09. The van der Waals surface area contributed by atoms with Crippen LogP contribution in [0.3, 0.4) is 0 Å². The van der Waals surface area contributed by atoms with Gasteiger partial charge in [-0.15, -0.1) is 0 Å². The van der Waals surface area contributed by atoms with Gasteiger partial charge in [0.25, 0.3) is 0 Å². The number of carbonyl (C=O) groups excluding carboxylic acids is 1. The van der Waals surface area contributed by atoms with Crippen molar-refractivity contribution in [2.24, 2.45) is 0 Å². The zero-order chi connectivity index (χ0) is 20.0. The molecule has 1 N–H and O–H groups in total. The number of nitrogens with zero attached hydrogens (tertiary/aromatic N) is 1. The van der Waals surface area contributed by atoms with Crippen molar-refractivity contribution in [3.63, 3.8) is 0 Å². The minimum absolute atomic E-state index is 0.268. The highest BCUT2D eigenvalue weighted by atomic mass is 32.2. The molecule has 2 rings (SSSR count). The van der Waals surface area contributed by atoms with Crippen LogP contribution in [0.5, 0.6) is 5.75 Å². The van der Waals surface area contributed by atoms with E-state index in [2.05, 4.69) is 5.32 Å². The summed E-state index contributed by atoms with van der Waals surface area (Å²) in [6.45, 7) is 5.64. The van der Waals surface area contributed by atoms with Crippen molar-refractivity contribution >= 4 is 21.6 Å². The number of nitrogens with one attached hydrogen (secondary N) is 1. The smallest absolute Gasteiger partial charge is 0.241 e. The van der Waals surface area contributed by atoms with Crippen LogP contribution >= 0.6 is 0 Å². The Labute approximate surface area is 161 Å². The number of amides is 1. The first-order valence-electron chi connectivity index (χ1n) is 8.69. The molecule has 2 aromatic rings. The predicted octanol–water partition coefficient (Wildman–Crippen LogP) is 2.65. The van der Waals surface area contributed by atoms with Crippen molar-refractivity contribution in [3.8, 4) is 5.75 Å². The SMILES string of the molecule is Cc1cccc(N(CC(=O)N[C@@H](C)COc2ccccc2C)S(C)(=O)=O)c1. The summed E-state index contributed by atoms with van der Waals surface area (Å²) in [5.74, 6) is 0.374. The molecule has 1 atom stereocenters. The molecule has 0 aliphatic rings. The molecule has 0 saturated heterocycles. The number of hydrogen-bond acceptors (Lipinski definition) is 4. The average molecular weight is 391 g/mol. The van der Waals surface area contributed by atoms with E-state index < -0.39 is 10.0 Å². The second-order valence-corrected chi connectivity index (χ2v) is 8.56. The van der Waals surface area contributed by atoms with E-state index in [-0.39, 0.29) is 18.5 Å². The molecule has 0 aliphatic heterocycles. The Hall–Kier alpha value is -2.54. The van der Waals surface area contributed by atoms with Gasteiger partial charge < -0.3 is 10.1 Å². The minimum Gasteiger partial charge on any atom is -0.491 e. The number of rotatable bonds is 8. The number of aryl methyl sites for hydroxylation is 2. The summed E-state index contributed by atoms with van der Waals surface area (Å²) in [5, 5.41) is 2.79. The fourth-order valence-electron chi connectivity index (χ4n) is 2.61. The van der Waals surface area contributed by atoms with Crippen molar-refractivity contribution in [1.82, 2.24) is 5.32 Å². The van der Waals surface area contributed by atoms with Crippen LogP contribution in [-0.4, -0.2) is 39.8 Å². The second kappa shape index (κ2) is 8.90. The normalized spacial score (nSPS) is 12.3. The van der Waals surface area contributed by atoms with Crippen LogP contribution in [0.2, 0.25) is 0 Å². The number of anilines is 1. The number of para-hydroxylation sites is 1.